The Morgan fingerprint density at radius 2 is 2.06 bits per heavy atom. The minimum atomic E-state index is -2.97. The van der Waals surface area contributed by atoms with Crippen LogP contribution in [0.2, 0.25) is 0 Å². The van der Waals surface area contributed by atoms with Gasteiger partial charge in [0.15, 0.2) is 0 Å². The maximum absolute atomic E-state index is 11.1. The Hall–Kier alpha value is -1.23. The van der Waals surface area contributed by atoms with Crippen molar-refractivity contribution in [3.8, 4) is 0 Å². The molecule has 0 aliphatic heterocycles. The molecule has 0 saturated heterocycles. The SMILES string of the molecule is Cc1cccc(N)c1NC(C)CS(C)(=O)=O. The highest BCUT2D eigenvalue weighted by Gasteiger charge is 2.12. The fourth-order valence-electron chi connectivity index (χ4n) is 1.63. The normalized spacial score (nSPS) is 13.4. The fraction of sp³-hybridized carbons (Fsp3) is 0.455. The zero-order valence-electron chi connectivity index (χ0n) is 9.82. The molecule has 1 aromatic carbocycles. The lowest BCUT2D eigenvalue weighted by Gasteiger charge is -2.17. The summed E-state index contributed by atoms with van der Waals surface area (Å²) in [7, 11) is -2.97. The number of nitrogens with one attached hydrogen (secondary N) is 1. The highest BCUT2D eigenvalue weighted by Crippen LogP contribution is 2.23. The van der Waals surface area contributed by atoms with Crippen molar-refractivity contribution in [3.63, 3.8) is 0 Å². The Balaban J connectivity index is 2.81. The first-order valence-electron chi connectivity index (χ1n) is 5.09. The van der Waals surface area contributed by atoms with Crippen molar-refractivity contribution in [1.82, 2.24) is 0 Å². The van der Waals surface area contributed by atoms with Crippen LogP contribution in [0.25, 0.3) is 0 Å². The molecule has 0 bridgehead atoms. The summed E-state index contributed by atoms with van der Waals surface area (Å²) in [4.78, 5) is 0. The topological polar surface area (TPSA) is 72.2 Å². The zero-order valence-corrected chi connectivity index (χ0v) is 10.6. The number of sulfone groups is 1. The summed E-state index contributed by atoms with van der Waals surface area (Å²) in [6.45, 7) is 3.76. The number of nitrogen functional groups attached to an aromatic ring is 1. The van der Waals surface area contributed by atoms with E-state index in [9.17, 15) is 8.42 Å². The second kappa shape index (κ2) is 4.74. The van der Waals surface area contributed by atoms with Crippen LogP contribution >= 0.6 is 0 Å². The number of para-hydroxylation sites is 1. The van der Waals surface area contributed by atoms with Crippen LogP contribution in [-0.4, -0.2) is 26.5 Å². The monoisotopic (exact) mass is 242 g/mol. The standard InChI is InChI=1S/C11H18N2O2S/c1-8-5-4-6-10(12)11(8)13-9(2)7-16(3,14)15/h4-6,9,13H,7,12H2,1-3H3. The van der Waals surface area contributed by atoms with Gasteiger partial charge in [0, 0.05) is 12.3 Å². The van der Waals surface area contributed by atoms with Gasteiger partial charge in [-0.2, -0.15) is 0 Å². The zero-order chi connectivity index (χ0) is 12.3. The molecule has 0 amide bonds. The van der Waals surface area contributed by atoms with E-state index in [1.165, 1.54) is 6.26 Å². The smallest absolute Gasteiger partial charge is 0.149 e. The largest absolute Gasteiger partial charge is 0.397 e. The molecule has 4 nitrogen and oxygen atoms in total. The molecule has 0 radical (unpaired) electrons. The first-order chi connectivity index (χ1) is 7.29. The van der Waals surface area contributed by atoms with Crippen molar-refractivity contribution < 1.29 is 8.42 Å². The second-order valence-corrected chi connectivity index (χ2v) is 6.36. The lowest BCUT2D eigenvalue weighted by atomic mass is 10.1. The second-order valence-electron chi connectivity index (χ2n) is 4.18. The quantitative estimate of drug-likeness (QED) is 0.783. The molecule has 16 heavy (non-hydrogen) atoms. The summed E-state index contributed by atoms with van der Waals surface area (Å²) in [6, 6.07) is 5.45. The van der Waals surface area contributed by atoms with Gasteiger partial charge in [-0.1, -0.05) is 12.1 Å². The van der Waals surface area contributed by atoms with Gasteiger partial charge in [-0.15, -0.1) is 0 Å². The molecular weight excluding hydrogens is 224 g/mol. The number of aryl methyl sites for hydroxylation is 1. The van der Waals surface area contributed by atoms with Crippen LogP contribution < -0.4 is 11.1 Å². The molecule has 1 rings (SSSR count). The number of benzene rings is 1. The molecule has 0 saturated carbocycles. The molecule has 0 aliphatic rings. The van der Waals surface area contributed by atoms with Crippen LogP contribution in [0.3, 0.4) is 0 Å². The van der Waals surface area contributed by atoms with E-state index < -0.39 is 9.84 Å². The molecule has 3 N–H and O–H groups in total. The Morgan fingerprint density at radius 3 is 2.56 bits per heavy atom. The van der Waals surface area contributed by atoms with Crippen LogP contribution in [0.4, 0.5) is 11.4 Å². The molecule has 0 heterocycles. The van der Waals surface area contributed by atoms with Crippen LogP contribution in [0, 0.1) is 6.92 Å². The summed E-state index contributed by atoms with van der Waals surface area (Å²) < 4.78 is 22.3. The maximum atomic E-state index is 11.1. The van der Waals surface area contributed by atoms with Gasteiger partial charge < -0.3 is 11.1 Å². The van der Waals surface area contributed by atoms with Crippen molar-refractivity contribution in [3.05, 3.63) is 23.8 Å². The molecule has 1 unspecified atom stereocenters. The van der Waals surface area contributed by atoms with Crippen LogP contribution in [-0.2, 0) is 9.84 Å². The van der Waals surface area contributed by atoms with Gasteiger partial charge in [-0.25, -0.2) is 8.42 Å². The maximum Gasteiger partial charge on any atom is 0.149 e. The lowest BCUT2D eigenvalue weighted by molar-refractivity contribution is 0.598. The molecule has 1 aromatic rings. The predicted octanol–water partition coefficient (Wildman–Crippen LogP) is 1.42. The highest BCUT2D eigenvalue weighted by atomic mass is 32.2. The third-order valence-corrected chi connectivity index (χ3v) is 3.35. The average Bonchev–Trinajstić information content (AvgIpc) is 2.08. The number of hydrogen-bond acceptors (Lipinski definition) is 4. The van der Waals surface area contributed by atoms with Gasteiger partial charge >= 0.3 is 0 Å². The minimum Gasteiger partial charge on any atom is -0.397 e. The summed E-state index contributed by atoms with van der Waals surface area (Å²) in [6.07, 6.45) is 1.23. The van der Waals surface area contributed by atoms with Crippen molar-refractivity contribution >= 4 is 21.2 Å². The van der Waals surface area contributed by atoms with Gasteiger partial charge in [0.05, 0.1) is 17.1 Å². The Morgan fingerprint density at radius 1 is 1.44 bits per heavy atom. The van der Waals surface area contributed by atoms with E-state index in [1.807, 2.05) is 26.0 Å². The molecule has 0 aromatic heterocycles. The molecule has 0 spiro atoms. The van der Waals surface area contributed by atoms with E-state index in [1.54, 1.807) is 6.07 Å². The lowest BCUT2D eigenvalue weighted by Crippen LogP contribution is -2.25. The van der Waals surface area contributed by atoms with Gasteiger partial charge in [-0.3, -0.25) is 0 Å². The Bertz CT molecular complexity index is 449. The minimum absolute atomic E-state index is 0.0980. The highest BCUT2D eigenvalue weighted by molar-refractivity contribution is 7.90. The van der Waals surface area contributed by atoms with E-state index in [0.29, 0.717) is 5.69 Å². The van der Waals surface area contributed by atoms with Gasteiger partial charge in [-0.05, 0) is 25.5 Å². The molecule has 5 heteroatoms. The predicted molar refractivity (Wildman–Crippen MR) is 68.4 cm³/mol. The van der Waals surface area contributed by atoms with E-state index in [0.717, 1.165) is 11.3 Å². The van der Waals surface area contributed by atoms with Crippen LogP contribution in [0.5, 0.6) is 0 Å². The van der Waals surface area contributed by atoms with E-state index >= 15 is 0 Å². The van der Waals surface area contributed by atoms with Gasteiger partial charge in [0.2, 0.25) is 0 Å². The Labute approximate surface area is 96.8 Å². The number of rotatable bonds is 4. The number of nitrogens with two attached hydrogens (primary N) is 1. The molecular formula is C11H18N2O2S. The number of hydrogen-bond donors (Lipinski definition) is 2. The summed E-state index contributed by atoms with van der Waals surface area (Å²) in [5.41, 5.74) is 8.29. The van der Waals surface area contributed by atoms with Gasteiger partial charge in [0.1, 0.15) is 9.84 Å². The van der Waals surface area contributed by atoms with Gasteiger partial charge in [0.25, 0.3) is 0 Å². The fourth-order valence-corrected chi connectivity index (χ4v) is 2.62. The third kappa shape index (κ3) is 3.73. The molecule has 1 atom stereocenters. The van der Waals surface area contributed by atoms with Crippen LogP contribution in [0.15, 0.2) is 18.2 Å². The molecule has 0 fully saturated rings. The first kappa shape index (κ1) is 12.8. The van der Waals surface area contributed by atoms with E-state index in [2.05, 4.69) is 5.32 Å². The average molecular weight is 242 g/mol. The molecule has 0 aliphatic carbocycles. The van der Waals surface area contributed by atoms with E-state index in [4.69, 9.17) is 5.73 Å². The third-order valence-electron chi connectivity index (χ3n) is 2.25. The summed E-state index contributed by atoms with van der Waals surface area (Å²) >= 11 is 0. The van der Waals surface area contributed by atoms with E-state index in [-0.39, 0.29) is 11.8 Å². The Kier molecular flexibility index (Phi) is 3.80. The van der Waals surface area contributed by atoms with Crippen molar-refractivity contribution in [2.24, 2.45) is 0 Å². The molecule has 90 valence electrons. The van der Waals surface area contributed by atoms with Crippen molar-refractivity contribution in [1.29, 1.82) is 0 Å². The number of anilines is 2. The van der Waals surface area contributed by atoms with Crippen molar-refractivity contribution in [2.75, 3.05) is 23.1 Å². The first-order valence-corrected chi connectivity index (χ1v) is 7.15. The summed E-state index contributed by atoms with van der Waals surface area (Å²) in [5.74, 6) is 0.0980. The van der Waals surface area contributed by atoms with Crippen molar-refractivity contribution in [2.45, 2.75) is 19.9 Å². The summed E-state index contributed by atoms with van der Waals surface area (Å²) in [5, 5.41) is 3.13. The van der Waals surface area contributed by atoms with Crippen LogP contribution in [0.1, 0.15) is 12.5 Å².